The second-order valence-electron chi connectivity index (χ2n) is 6.70. The van der Waals surface area contributed by atoms with E-state index in [-0.39, 0.29) is 12.0 Å². The van der Waals surface area contributed by atoms with Gasteiger partial charge in [-0.25, -0.2) is 0 Å². The van der Waals surface area contributed by atoms with Crippen molar-refractivity contribution >= 4 is 16.8 Å². The number of amides is 1. The highest BCUT2D eigenvalue weighted by molar-refractivity contribution is 5.98. The number of nitrogens with zero attached hydrogens (tertiary/aromatic N) is 2. The molecule has 2 heterocycles. The van der Waals surface area contributed by atoms with Crippen LogP contribution in [0, 0.1) is 0 Å². The van der Waals surface area contributed by atoms with Crippen molar-refractivity contribution in [1.29, 1.82) is 0 Å². The number of fused-ring (bicyclic) bond motifs is 1. The topological polar surface area (TPSA) is 42.4 Å². The number of pyridine rings is 1. The molecule has 1 fully saturated rings. The number of aromatic nitrogens is 1. The molecule has 2 aromatic carbocycles. The predicted octanol–water partition coefficient (Wildman–Crippen LogP) is 4.06. The molecule has 3 aromatic rings. The summed E-state index contributed by atoms with van der Waals surface area (Å²) in [6, 6.07) is 19.8. The first-order valence-electron chi connectivity index (χ1n) is 9.09. The lowest BCUT2D eigenvalue weighted by atomic mass is 10.0. The Bertz CT molecular complexity index is 887. The van der Waals surface area contributed by atoms with E-state index in [1.54, 1.807) is 6.20 Å². The van der Waals surface area contributed by atoms with Crippen molar-refractivity contribution in [2.24, 2.45) is 0 Å². The molecule has 132 valence electrons. The van der Waals surface area contributed by atoms with E-state index in [1.807, 2.05) is 53.4 Å². The van der Waals surface area contributed by atoms with E-state index in [1.165, 1.54) is 5.56 Å². The maximum atomic E-state index is 12.8. The Morgan fingerprint density at radius 3 is 2.65 bits per heavy atom. The van der Waals surface area contributed by atoms with Crippen LogP contribution in [0.5, 0.6) is 0 Å². The lowest BCUT2D eigenvalue weighted by molar-refractivity contribution is -0.000375. The predicted molar refractivity (Wildman–Crippen MR) is 102 cm³/mol. The fourth-order valence-corrected chi connectivity index (χ4v) is 3.41. The molecule has 4 rings (SSSR count). The zero-order chi connectivity index (χ0) is 17.8. The van der Waals surface area contributed by atoms with Crippen molar-refractivity contribution in [3.05, 3.63) is 78.0 Å². The third-order valence-corrected chi connectivity index (χ3v) is 4.91. The molecule has 1 aromatic heterocycles. The van der Waals surface area contributed by atoms with Crippen LogP contribution in [0.4, 0.5) is 0 Å². The number of carbonyl (C=O) groups is 1. The van der Waals surface area contributed by atoms with Crippen LogP contribution >= 0.6 is 0 Å². The Labute approximate surface area is 153 Å². The molecular formula is C22H22N2O2. The molecule has 0 bridgehead atoms. The minimum absolute atomic E-state index is 0.0947. The van der Waals surface area contributed by atoms with E-state index in [0.717, 1.165) is 42.4 Å². The first-order valence-corrected chi connectivity index (χ1v) is 9.09. The molecule has 0 unspecified atom stereocenters. The molecule has 0 radical (unpaired) electrons. The molecular weight excluding hydrogens is 324 g/mol. The number of carbonyl (C=O) groups excluding carboxylic acids is 1. The molecule has 1 saturated heterocycles. The van der Waals surface area contributed by atoms with Gasteiger partial charge in [0.2, 0.25) is 0 Å². The fourth-order valence-electron chi connectivity index (χ4n) is 3.41. The lowest BCUT2D eigenvalue weighted by Crippen LogP contribution is -2.40. The Morgan fingerprint density at radius 2 is 1.85 bits per heavy atom. The van der Waals surface area contributed by atoms with Gasteiger partial charge in [-0.15, -0.1) is 0 Å². The van der Waals surface area contributed by atoms with Gasteiger partial charge in [0, 0.05) is 30.2 Å². The number of hydrogen-bond acceptors (Lipinski definition) is 3. The lowest BCUT2D eigenvalue weighted by Gasteiger charge is -2.32. The molecule has 4 nitrogen and oxygen atoms in total. The van der Waals surface area contributed by atoms with Crippen LogP contribution in [-0.4, -0.2) is 35.0 Å². The Morgan fingerprint density at radius 1 is 1.04 bits per heavy atom. The average Bonchev–Trinajstić information content (AvgIpc) is 2.72. The van der Waals surface area contributed by atoms with E-state index >= 15 is 0 Å². The van der Waals surface area contributed by atoms with Crippen molar-refractivity contribution < 1.29 is 9.53 Å². The van der Waals surface area contributed by atoms with Gasteiger partial charge in [-0.2, -0.15) is 0 Å². The van der Waals surface area contributed by atoms with Crippen LogP contribution in [0.1, 0.15) is 28.8 Å². The SMILES string of the molecule is O=C(c1ccc2ncccc2c1)N1CCC(OCc2ccccc2)CC1. The summed E-state index contributed by atoms with van der Waals surface area (Å²) in [5, 5.41) is 0.999. The number of benzene rings is 2. The summed E-state index contributed by atoms with van der Waals surface area (Å²) < 4.78 is 6.01. The number of likely N-dealkylation sites (tertiary alicyclic amines) is 1. The van der Waals surface area contributed by atoms with Gasteiger partial charge in [0.15, 0.2) is 0 Å². The Hall–Kier alpha value is -2.72. The molecule has 1 aliphatic rings. The van der Waals surface area contributed by atoms with Crippen LogP contribution in [-0.2, 0) is 11.3 Å². The highest BCUT2D eigenvalue weighted by atomic mass is 16.5. The normalized spacial score (nSPS) is 15.3. The maximum Gasteiger partial charge on any atom is 0.253 e. The average molecular weight is 346 g/mol. The largest absolute Gasteiger partial charge is 0.373 e. The van der Waals surface area contributed by atoms with Crippen LogP contribution < -0.4 is 0 Å². The second-order valence-corrected chi connectivity index (χ2v) is 6.70. The van der Waals surface area contributed by atoms with Crippen molar-refractivity contribution in [3.8, 4) is 0 Å². The first-order chi connectivity index (χ1) is 12.8. The van der Waals surface area contributed by atoms with Gasteiger partial charge >= 0.3 is 0 Å². The summed E-state index contributed by atoms with van der Waals surface area (Å²) in [5.41, 5.74) is 2.84. The van der Waals surface area contributed by atoms with Gasteiger partial charge in [-0.05, 0) is 42.7 Å². The van der Waals surface area contributed by atoms with E-state index in [4.69, 9.17) is 4.74 Å². The summed E-state index contributed by atoms with van der Waals surface area (Å²) in [6.45, 7) is 2.11. The third-order valence-electron chi connectivity index (χ3n) is 4.91. The smallest absolute Gasteiger partial charge is 0.253 e. The summed E-state index contributed by atoms with van der Waals surface area (Å²) >= 11 is 0. The summed E-state index contributed by atoms with van der Waals surface area (Å²) in [4.78, 5) is 19.0. The van der Waals surface area contributed by atoms with Crippen molar-refractivity contribution in [3.63, 3.8) is 0 Å². The van der Waals surface area contributed by atoms with Crippen molar-refractivity contribution in [2.75, 3.05) is 13.1 Å². The highest BCUT2D eigenvalue weighted by Crippen LogP contribution is 2.20. The first kappa shape index (κ1) is 16.7. The third kappa shape index (κ3) is 3.75. The van der Waals surface area contributed by atoms with Crippen LogP contribution in [0.15, 0.2) is 66.9 Å². The molecule has 1 aliphatic heterocycles. The molecule has 1 amide bonds. The summed E-state index contributed by atoms with van der Waals surface area (Å²) in [6.07, 6.45) is 3.76. The quantitative estimate of drug-likeness (QED) is 0.715. The van der Waals surface area contributed by atoms with Crippen LogP contribution in [0.25, 0.3) is 10.9 Å². The molecule has 0 atom stereocenters. The number of rotatable bonds is 4. The Balaban J connectivity index is 1.34. The van der Waals surface area contributed by atoms with Gasteiger partial charge in [0.05, 0.1) is 18.2 Å². The van der Waals surface area contributed by atoms with Gasteiger partial charge in [-0.1, -0.05) is 36.4 Å². The molecule has 0 saturated carbocycles. The summed E-state index contributed by atoms with van der Waals surface area (Å²) in [7, 11) is 0. The van der Waals surface area contributed by atoms with Gasteiger partial charge in [0.1, 0.15) is 0 Å². The Kier molecular flexibility index (Phi) is 4.93. The van der Waals surface area contributed by atoms with Gasteiger partial charge in [-0.3, -0.25) is 9.78 Å². The van der Waals surface area contributed by atoms with Crippen LogP contribution in [0.2, 0.25) is 0 Å². The monoisotopic (exact) mass is 346 g/mol. The van der Waals surface area contributed by atoms with Gasteiger partial charge < -0.3 is 9.64 Å². The molecule has 0 aliphatic carbocycles. The zero-order valence-electron chi connectivity index (χ0n) is 14.7. The molecule has 0 spiro atoms. The minimum atomic E-state index is 0.0947. The van der Waals surface area contributed by atoms with E-state index in [0.29, 0.717) is 6.61 Å². The van der Waals surface area contributed by atoms with Crippen LogP contribution in [0.3, 0.4) is 0 Å². The maximum absolute atomic E-state index is 12.8. The van der Waals surface area contributed by atoms with Crippen molar-refractivity contribution in [2.45, 2.75) is 25.6 Å². The van der Waals surface area contributed by atoms with E-state index in [9.17, 15) is 4.79 Å². The minimum Gasteiger partial charge on any atom is -0.373 e. The van der Waals surface area contributed by atoms with E-state index < -0.39 is 0 Å². The van der Waals surface area contributed by atoms with Gasteiger partial charge in [0.25, 0.3) is 5.91 Å². The number of ether oxygens (including phenoxy) is 1. The summed E-state index contributed by atoms with van der Waals surface area (Å²) in [5.74, 6) is 0.0947. The molecule has 26 heavy (non-hydrogen) atoms. The molecule has 0 N–H and O–H groups in total. The number of hydrogen-bond donors (Lipinski definition) is 0. The highest BCUT2D eigenvalue weighted by Gasteiger charge is 2.24. The van der Waals surface area contributed by atoms with Crippen molar-refractivity contribution in [1.82, 2.24) is 9.88 Å². The fraction of sp³-hybridized carbons (Fsp3) is 0.273. The second kappa shape index (κ2) is 7.67. The van der Waals surface area contributed by atoms with E-state index in [2.05, 4.69) is 17.1 Å². The zero-order valence-corrected chi connectivity index (χ0v) is 14.7. The molecule has 4 heteroatoms. The standard InChI is InChI=1S/C22H22N2O2/c25-22(19-8-9-21-18(15-19)7-4-12-23-21)24-13-10-20(11-14-24)26-16-17-5-2-1-3-6-17/h1-9,12,15,20H,10-11,13-14,16H2. The number of piperidine rings is 1.